The van der Waals surface area contributed by atoms with Gasteiger partial charge in [0.1, 0.15) is 0 Å². The van der Waals surface area contributed by atoms with Crippen molar-refractivity contribution >= 4 is 34.5 Å². The van der Waals surface area contributed by atoms with Gasteiger partial charge in [-0.15, -0.1) is 0 Å². The fourth-order valence-electron chi connectivity index (χ4n) is 1.72. The van der Waals surface area contributed by atoms with Gasteiger partial charge in [-0.1, -0.05) is 11.6 Å². The second kappa shape index (κ2) is 5.23. The van der Waals surface area contributed by atoms with Gasteiger partial charge in [0.05, 0.1) is 12.1 Å². The Labute approximate surface area is 110 Å². The van der Waals surface area contributed by atoms with Gasteiger partial charge in [0.2, 0.25) is 0 Å². The zero-order valence-corrected chi connectivity index (χ0v) is 10.9. The molecule has 1 heterocycles. The van der Waals surface area contributed by atoms with Crippen LogP contribution in [0.15, 0.2) is 24.4 Å². The van der Waals surface area contributed by atoms with Crippen LogP contribution in [0.5, 0.6) is 0 Å². The lowest BCUT2D eigenvalue weighted by Crippen LogP contribution is -1.98. The number of esters is 1. The van der Waals surface area contributed by atoms with Crippen LogP contribution in [0.25, 0.3) is 17.0 Å². The average Bonchev–Trinajstić information content (AvgIpc) is 2.69. The first-order valence-electron chi connectivity index (χ1n) is 5.58. The number of carbonyl (C=O) groups is 1. The van der Waals surface area contributed by atoms with Crippen LogP contribution in [0.4, 0.5) is 0 Å². The van der Waals surface area contributed by atoms with Crippen molar-refractivity contribution in [1.29, 1.82) is 0 Å². The molecular formula is C13H13ClN2O2. The second-order valence-corrected chi connectivity index (χ2v) is 4.19. The molecule has 4 nitrogen and oxygen atoms in total. The standard InChI is InChI=1S/C13H13ClN2O2/c1-3-18-13(17)7-4-9-10-8-16(2)15-12(10)6-5-11(9)14/h4-8H,3H2,1-2H3/b7-4-. The summed E-state index contributed by atoms with van der Waals surface area (Å²) in [6.07, 6.45) is 4.90. The topological polar surface area (TPSA) is 44.1 Å². The normalized spacial score (nSPS) is 11.3. The third-order valence-electron chi connectivity index (χ3n) is 2.47. The third-order valence-corrected chi connectivity index (χ3v) is 2.79. The van der Waals surface area contributed by atoms with Gasteiger partial charge in [-0.25, -0.2) is 4.79 Å². The van der Waals surface area contributed by atoms with Crippen molar-refractivity contribution < 1.29 is 9.53 Å². The zero-order chi connectivity index (χ0) is 13.1. The number of hydrogen-bond donors (Lipinski definition) is 0. The molecule has 2 rings (SSSR count). The van der Waals surface area contributed by atoms with Gasteiger partial charge in [0, 0.05) is 35.3 Å². The molecule has 94 valence electrons. The first-order chi connectivity index (χ1) is 8.61. The molecule has 0 saturated heterocycles. The highest BCUT2D eigenvalue weighted by atomic mass is 35.5. The van der Waals surface area contributed by atoms with Gasteiger partial charge in [-0.3, -0.25) is 4.68 Å². The molecule has 0 atom stereocenters. The van der Waals surface area contributed by atoms with E-state index in [9.17, 15) is 4.79 Å². The summed E-state index contributed by atoms with van der Waals surface area (Å²) in [5.41, 5.74) is 1.61. The van der Waals surface area contributed by atoms with Gasteiger partial charge in [-0.05, 0) is 25.1 Å². The fraction of sp³-hybridized carbons (Fsp3) is 0.231. The molecule has 0 spiro atoms. The van der Waals surface area contributed by atoms with Gasteiger partial charge in [0.15, 0.2) is 0 Å². The Bertz CT molecular complexity index is 617. The largest absolute Gasteiger partial charge is 0.463 e. The predicted octanol–water partition coefficient (Wildman–Crippen LogP) is 2.80. The molecule has 0 fully saturated rings. The number of halogens is 1. The number of hydrogen-bond acceptors (Lipinski definition) is 3. The summed E-state index contributed by atoms with van der Waals surface area (Å²) in [5, 5.41) is 5.77. The molecule has 0 aliphatic carbocycles. The number of nitrogens with zero attached hydrogens (tertiary/aromatic N) is 2. The first kappa shape index (κ1) is 12.6. The molecule has 0 N–H and O–H groups in total. The van der Waals surface area contributed by atoms with Crippen molar-refractivity contribution in [2.45, 2.75) is 6.92 Å². The van der Waals surface area contributed by atoms with Crippen LogP contribution in [0.3, 0.4) is 0 Å². The van der Waals surface area contributed by atoms with Crippen LogP contribution in [-0.4, -0.2) is 22.4 Å². The molecule has 5 heteroatoms. The number of ether oxygens (including phenoxy) is 1. The van der Waals surface area contributed by atoms with E-state index in [4.69, 9.17) is 16.3 Å². The predicted molar refractivity (Wildman–Crippen MR) is 71.4 cm³/mol. The van der Waals surface area contributed by atoms with Crippen LogP contribution < -0.4 is 0 Å². The number of benzene rings is 1. The number of fused-ring (bicyclic) bond motifs is 1. The van der Waals surface area contributed by atoms with Crippen LogP contribution in [0.2, 0.25) is 5.02 Å². The SMILES string of the molecule is CCOC(=O)/C=C\c1c(Cl)ccc2nn(C)cc12. The Morgan fingerprint density at radius 3 is 3.06 bits per heavy atom. The lowest BCUT2D eigenvalue weighted by Gasteiger charge is -2.00. The minimum atomic E-state index is -0.380. The number of aromatic nitrogens is 2. The van der Waals surface area contributed by atoms with Crippen LogP contribution in [0, 0.1) is 0 Å². The summed E-state index contributed by atoms with van der Waals surface area (Å²) in [4.78, 5) is 11.3. The van der Waals surface area contributed by atoms with Crippen molar-refractivity contribution in [3.8, 4) is 0 Å². The average molecular weight is 265 g/mol. The molecule has 18 heavy (non-hydrogen) atoms. The maximum atomic E-state index is 11.3. The molecule has 0 aliphatic rings. The molecule has 1 aromatic carbocycles. The maximum absolute atomic E-state index is 11.3. The second-order valence-electron chi connectivity index (χ2n) is 3.78. The minimum absolute atomic E-state index is 0.355. The fourth-order valence-corrected chi connectivity index (χ4v) is 1.95. The van der Waals surface area contributed by atoms with E-state index < -0.39 is 0 Å². The van der Waals surface area contributed by atoms with E-state index in [0.717, 1.165) is 16.5 Å². The molecule has 0 unspecified atom stereocenters. The Kier molecular flexibility index (Phi) is 3.67. The number of aryl methyl sites for hydroxylation is 1. The molecule has 0 saturated carbocycles. The number of carbonyl (C=O) groups excluding carboxylic acids is 1. The summed E-state index contributed by atoms with van der Waals surface area (Å²) < 4.78 is 6.54. The molecule has 0 radical (unpaired) electrons. The van der Waals surface area contributed by atoms with E-state index in [1.54, 1.807) is 23.7 Å². The van der Waals surface area contributed by atoms with E-state index in [1.807, 2.05) is 19.3 Å². The van der Waals surface area contributed by atoms with Crippen molar-refractivity contribution in [2.75, 3.05) is 6.61 Å². The molecular weight excluding hydrogens is 252 g/mol. The quantitative estimate of drug-likeness (QED) is 0.632. The summed E-state index contributed by atoms with van der Waals surface area (Å²) in [5.74, 6) is -0.380. The van der Waals surface area contributed by atoms with Crippen molar-refractivity contribution in [3.05, 3.63) is 35.0 Å². The van der Waals surface area contributed by atoms with E-state index in [2.05, 4.69) is 5.10 Å². The van der Waals surface area contributed by atoms with E-state index >= 15 is 0 Å². The van der Waals surface area contributed by atoms with Crippen LogP contribution in [-0.2, 0) is 16.6 Å². The van der Waals surface area contributed by atoms with E-state index in [-0.39, 0.29) is 5.97 Å². The Morgan fingerprint density at radius 1 is 1.56 bits per heavy atom. The smallest absolute Gasteiger partial charge is 0.330 e. The Morgan fingerprint density at radius 2 is 2.33 bits per heavy atom. The van der Waals surface area contributed by atoms with Crippen LogP contribution >= 0.6 is 11.6 Å². The molecule has 0 amide bonds. The molecule has 0 aliphatic heterocycles. The van der Waals surface area contributed by atoms with E-state index in [0.29, 0.717) is 11.6 Å². The lowest BCUT2D eigenvalue weighted by atomic mass is 10.1. The summed E-state index contributed by atoms with van der Waals surface area (Å²) in [6.45, 7) is 2.12. The van der Waals surface area contributed by atoms with Gasteiger partial charge >= 0.3 is 5.97 Å². The van der Waals surface area contributed by atoms with Gasteiger partial charge in [0.25, 0.3) is 0 Å². The highest BCUT2D eigenvalue weighted by Crippen LogP contribution is 2.26. The van der Waals surface area contributed by atoms with E-state index in [1.165, 1.54) is 6.08 Å². The molecule has 0 bridgehead atoms. The number of rotatable bonds is 3. The zero-order valence-electron chi connectivity index (χ0n) is 10.2. The van der Waals surface area contributed by atoms with Gasteiger partial charge in [-0.2, -0.15) is 5.10 Å². The van der Waals surface area contributed by atoms with Gasteiger partial charge < -0.3 is 4.74 Å². The Balaban J connectivity index is 2.43. The molecule has 2 aromatic rings. The molecule has 1 aromatic heterocycles. The minimum Gasteiger partial charge on any atom is -0.463 e. The summed E-state index contributed by atoms with van der Waals surface area (Å²) >= 11 is 6.13. The lowest BCUT2D eigenvalue weighted by molar-refractivity contribution is -0.137. The Hall–Kier alpha value is -1.81. The summed E-state index contributed by atoms with van der Waals surface area (Å²) in [6, 6.07) is 3.61. The highest BCUT2D eigenvalue weighted by molar-refractivity contribution is 6.33. The van der Waals surface area contributed by atoms with Crippen molar-refractivity contribution in [3.63, 3.8) is 0 Å². The third kappa shape index (κ3) is 2.54. The first-order valence-corrected chi connectivity index (χ1v) is 5.96. The maximum Gasteiger partial charge on any atom is 0.330 e. The monoisotopic (exact) mass is 264 g/mol. The summed E-state index contributed by atoms with van der Waals surface area (Å²) in [7, 11) is 1.84. The van der Waals surface area contributed by atoms with Crippen LogP contribution in [0.1, 0.15) is 12.5 Å². The van der Waals surface area contributed by atoms with Crippen molar-refractivity contribution in [2.24, 2.45) is 7.05 Å². The highest BCUT2D eigenvalue weighted by Gasteiger charge is 2.07. The van der Waals surface area contributed by atoms with Crippen molar-refractivity contribution in [1.82, 2.24) is 9.78 Å².